The van der Waals surface area contributed by atoms with Gasteiger partial charge >= 0.3 is 0 Å². The van der Waals surface area contributed by atoms with Gasteiger partial charge in [-0.25, -0.2) is 4.39 Å². The monoisotopic (exact) mass is 193 g/mol. The van der Waals surface area contributed by atoms with Crippen molar-refractivity contribution in [2.24, 2.45) is 5.92 Å². The molecule has 1 aliphatic carbocycles. The molecular weight excluding hydrogens is 181 g/mol. The second kappa shape index (κ2) is 3.78. The fraction of sp³-hybridized carbons (Fsp3) is 0.364. The molecule has 0 radical (unpaired) electrons. The van der Waals surface area contributed by atoms with E-state index in [4.69, 9.17) is 0 Å². The Kier molecular flexibility index (Phi) is 2.48. The highest BCUT2D eigenvalue weighted by molar-refractivity contribution is 5.80. The third kappa shape index (κ3) is 2.31. The van der Waals surface area contributed by atoms with Gasteiger partial charge in [0.05, 0.1) is 0 Å². The third-order valence-electron chi connectivity index (χ3n) is 2.33. The fourth-order valence-corrected chi connectivity index (χ4v) is 1.28. The van der Waals surface area contributed by atoms with Crippen molar-refractivity contribution in [1.29, 1.82) is 0 Å². The number of halogens is 1. The van der Waals surface area contributed by atoms with E-state index in [-0.39, 0.29) is 17.6 Å². The summed E-state index contributed by atoms with van der Waals surface area (Å²) in [6, 6.07) is 6.17. The Morgan fingerprint density at radius 1 is 1.36 bits per heavy atom. The molecule has 2 nitrogen and oxygen atoms in total. The predicted octanol–water partition coefficient (Wildman–Crippen LogP) is 1.85. The van der Waals surface area contributed by atoms with Crippen molar-refractivity contribution in [3.05, 3.63) is 35.6 Å². The summed E-state index contributed by atoms with van der Waals surface area (Å²) < 4.78 is 12.5. The second-order valence-corrected chi connectivity index (χ2v) is 3.62. The molecule has 14 heavy (non-hydrogen) atoms. The molecule has 1 fully saturated rings. The maximum atomic E-state index is 12.5. The number of hydrogen-bond acceptors (Lipinski definition) is 1. The highest BCUT2D eigenvalue weighted by atomic mass is 19.1. The van der Waals surface area contributed by atoms with Gasteiger partial charge in [0, 0.05) is 12.5 Å². The second-order valence-electron chi connectivity index (χ2n) is 3.62. The summed E-state index contributed by atoms with van der Waals surface area (Å²) in [5.74, 6) is 0.104. The van der Waals surface area contributed by atoms with E-state index in [2.05, 4.69) is 5.32 Å². The summed E-state index contributed by atoms with van der Waals surface area (Å²) in [4.78, 5) is 11.3. The fourth-order valence-electron chi connectivity index (χ4n) is 1.28. The van der Waals surface area contributed by atoms with Crippen LogP contribution in [0.5, 0.6) is 0 Å². The van der Waals surface area contributed by atoms with Gasteiger partial charge in [0.15, 0.2) is 0 Å². The smallest absolute Gasteiger partial charge is 0.223 e. The maximum Gasteiger partial charge on any atom is 0.223 e. The zero-order chi connectivity index (χ0) is 9.97. The van der Waals surface area contributed by atoms with Crippen LogP contribution in [0.15, 0.2) is 24.3 Å². The average molecular weight is 193 g/mol. The Bertz CT molecular complexity index is 330. The van der Waals surface area contributed by atoms with E-state index in [0.717, 1.165) is 18.4 Å². The molecule has 1 saturated carbocycles. The lowest BCUT2D eigenvalue weighted by atomic mass is 10.2. The zero-order valence-corrected chi connectivity index (χ0v) is 7.79. The molecule has 1 aliphatic rings. The first kappa shape index (κ1) is 9.19. The van der Waals surface area contributed by atoms with Gasteiger partial charge in [0.1, 0.15) is 5.82 Å². The van der Waals surface area contributed by atoms with Crippen molar-refractivity contribution >= 4 is 5.91 Å². The lowest BCUT2D eigenvalue weighted by Gasteiger charge is -2.03. The van der Waals surface area contributed by atoms with Crippen LogP contribution in [-0.4, -0.2) is 5.91 Å². The van der Waals surface area contributed by atoms with Crippen LogP contribution in [-0.2, 0) is 11.3 Å². The maximum absolute atomic E-state index is 12.5. The van der Waals surface area contributed by atoms with Gasteiger partial charge in [-0.15, -0.1) is 0 Å². The van der Waals surface area contributed by atoms with Crippen molar-refractivity contribution in [3.8, 4) is 0 Å². The number of benzene rings is 1. The van der Waals surface area contributed by atoms with Gasteiger partial charge in [0.25, 0.3) is 0 Å². The Labute approximate surface area is 82.1 Å². The highest BCUT2D eigenvalue weighted by Gasteiger charge is 2.29. The van der Waals surface area contributed by atoms with E-state index in [1.54, 1.807) is 12.1 Å². The molecule has 1 amide bonds. The van der Waals surface area contributed by atoms with Crippen molar-refractivity contribution < 1.29 is 9.18 Å². The SMILES string of the molecule is O=C(NCc1ccc(F)cc1)C1CC1. The molecular formula is C11H12FNO. The number of carbonyl (C=O) groups excluding carboxylic acids is 1. The van der Waals surface area contributed by atoms with Crippen LogP contribution in [0, 0.1) is 11.7 Å². The van der Waals surface area contributed by atoms with Crippen LogP contribution in [0.2, 0.25) is 0 Å². The van der Waals surface area contributed by atoms with E-state index < -0.39 is 0 Å². The van der Waals surface area contributed by atoms with E-state index >= 15 is 0 Å². The van der Waals surface area contributed by atoms with Gasteiger partial charge in [-0.2, -0.15) is 0 Å². The summed E-state index contributed by atoms with van der Waals surface area (Å²) in [5.41, 5.74) is 0.931. The lowest BCUT2D eigenvalue weighted by molar-refractivity contribution is -0.122. The molecule has 2 rings (SSSR count). The standard InChI is InChI=1S/C11H12FNO/c12-10-5-1-8(2-6-10)7-13-11(14)9-3-4-9/h1-2,5-6,9H,3-4,7H2,(H,13,14). The Morgan fingerprint density at radius 2 is 2.00 bits per heavy atom. The molecule has 0 heterocycles. The van der Waals surface area contributed by atoms with Crippen molar-refractivity contribution in [2.75, 3.05) is 0 Å². The zero-order valence-electron chi connectivity index (χ0n) is 7.79. The topological polar surface area (TPSA) is 29.1 Å². The molecule has 0 spiro atoms. The van der Waals surface area contributed by atoms with Crippen molar-refractivity contribution in [1.82, 2.24) is 5.32 Å². The summed E-state index contributed by atoms with van der Waals surface area (Å²) in [7, 11) is 0. The number of rotatable bonds is 3. The quantitative estimate of drug-likeness (QED) is 0.779. The van der Waals surface area contributed by atoms with Crippen LogP contribution in [0.3, 0.4) is 0 Å². The molecule has 0 aliphatic heterocycles. The van der Waals surface area contributed by atoms with E-state index in [1.807, 2.05) is 0 Å². The van der Waals surface area contributed by atoms with Crippen LogP contribution in [0.1, 0.15) is 18.4 Å². The highest BCUT2D eigenvalue weighted by Crippen LogP contribution is 2.28. The molecule has 3 heteroatoms. The Morgan fingerprint density at radius 3 is 2.57 bits per heavy atom. The van der Waals surface area contributed by atoms with Crippen LogP contribution in [0.25, 0.3) is 0 Å². The minimum Gasteiger partial charge on any atom is -0.352 e. The first-order valence-corrected chi connectivity index (χ1v) is 4.78. The Balaban J connectivity index is 1.85. The minimum atomic E-state index is -0.248. The summed E-state index contributed by atoms with van der Waals surface area (Å²) in [5, 5.41) is 2.82. The minimum absolute atomic E-state index is 0.120. The molecule has 0 unspecified atom stereocenters. The molecule has 1 aromatic carbocycles. The molecule has 1 aromatic rings. The van der Waals surface area contributed by atoms with Crippen LogP contribution >= 0.6 is 0 Å². The number of nitrogens with one attached hydrogen (secondary N) is 1. The third-order valence-corrected chi connectivity index (χ3v) is 2.33. The average Bonchev–Trinajstić information content (AvgIpc) is 3.00. The number of amides is 1. The van der Waals surface area contributed by atoms with Crippen molar-refractivity contribution in [3.63, 3.8) is 0 Å². The van der Waals surface area contributed by atoms with Gasteiger partial charge in [0.2, 0.25) is 5.91 Å². The van der Waals surface area contributed by atoms with Gasteiger partial charge in [-0.3, -0.25) is 4.79 Å². The van der Waals surface area contributed by atoms with Crippen LogP contribution < -0.4 is 5.32 Å². The summed E-state index contributed by atoms with van der Waals surface area (Å²) in [6.07, 6.45) is 2.02. The van der Waals surface area contributed by atoms with Gasteiger partial charge in [-0.05, 0) is 30.5 Å². The van der Waals surface area contributed by atoms with Gasteiger partial charge in [-0.1, -0.05) is 12.1 Å². The Hall–Kier alpha value is -1.38. The molecule has 0 aromatic heterocycles. The first-order chi connectivity index (χ1) is 6.75. The first-order valence-electron chi connectivity index (χ1n) is 4.78. The summed E-state index contributed by atoms with van der Waals surface area (Å²) >= 11 is 0. The van der Waals surface area contributed by atoms with E-state index in [1.165, 1.54) is 12.1 Å². The predicted molar refractivity (Wildman–Crippen MR) is 51.0 cm³/mol. The number of carbonyl (C=O) groups is 1. The number of hydrogen-bond donors (Lipinski definition) is 1. The van der Waals surface area contributed by atoms with Crippen molar-refractivity contribution in [2.45, 2.75) is 19.4 Å². The van der Waals surface area contributed by atoms with E-state index in [0.29, 0.717) is 6.54 Å². The van der Waals surface area contributed by atoms with E-state index in [9.17, 15) is 9.18 Å². The molecule has 1 N–H and O–H groups in total. The molecule has 0 atom stereocenters. The van der Waals surface area contributed by atoms with Crippen LogP contribution in [0.4, 0.5) is 4.39 Å². The summed E-state index contributed by atoms with van der Waals surface area (Å²) in [6.45, 7) is 0.496. The van der Waals surface area contributed by atoms with Gasteiger partial charge < -0.3 is 5.32 Å². The molecule has 74 valence electrons. The normalized spacial score (nSPS) is 15.2. The molecule has 0 bridgehead atoms. The largest absolute Gasteiger partial charge is 0.352 e. The molecule has 0 saturated heterocycles. The lowest BCUT2D eigenvalue weighted by Crippen LogP contribution is -2.24.